The summed E-state index contributed by atoms with van der Waals surface area (Å²) < 4.78 is 10.7. The van der Waals surface area contributed by atoms with Crippen LogP contribution < -0.4 is 20.1 Å². The Hall–Kier alpha value is -3.06. The standard InChI is InChI=1S/C18H16ClN5O2/c1-11-13(19)3-2-4-14(11)22-18-23-17(9-21-24-18)20-8-12-5-6-15-16(7-12)26-10-25-15/h2-7,9H,8,10H2,1H3,(H2,20,22,23,24). The van der Waals surface area contributed by atoms with Crippen LogP contribution in [0.25, 0.3) is 0 Å². The number of nitrogens with one attached hydrogen (secondary N) is 2. The van der Waals surface area contributed by atoms with Gasteiger partial charge in [0.2, 0.25) is 12.7 Å². The lowest BCUT2D eigenvalue weighted by atomic mass is 10.2. The minimum absolute atomic E-state index is 0.264. The molecular weight excluding hydrogens is 354 g/mol. The molecule has 0 aliphatic carbocycles. The molecule has 0 bridgehead atoms. The zero-order valence-electron chi connectivity index (χ0n) is 14.0. The van der Waals surface area contributed by atoms with Gasteiger partial charge in [-0.05, 0) is 42.3 Å². The van der Waals surface area contributed by atoms with E-state index in [2.05, 4.69) is 25.8 Å². The van der Waals surface area contributed by atoms with Crippen LogP contribution >= 0.6 is 11.6 Å². The van der Waals surface area contributed by atoms with E-state index in [-0.39, 0.29) is 6.79 Å². The summed E-state index contributed by atoms with van der Waals surface area (Å²) >= 11 is 6.14. The third-order valence-electron chi connectivity index (χ3n) is 3.98. The number of anilines is 3. The molecule has 0 saturated carbocycles. The fraction of sp³-hybridized carbons (Fsp3) is 0.167. The fourth-order valence-corrected chi connectivity index (χ4v) is 2.72. The lowest BCUT2D eigenvalue weighted by Gasteiger charge is -2.10. The highest BCUT2D eigenvalue weighted by Gasteiger charge is 2.13. The molecule has 0 radical (unpaired) electrons. The van der Waals surface area contributed by atoms with E-state index in [1.54, 1.807) is 6.20 Å². The van der Waals surface area contributed by atoms with Gasteiger partial charge in [-0.2, -0.15) is 10.1 Å². The summed E-state index contributed by atoms with van der Waals surface area (Å²) in [5, 5.41) is 15.1. The summed E-state index contributed by atoms with van der Waals surface area (Å²) in [6.45, 7) is 2.77. The Morgan fingerprint density at radius 2 is 2.04 bits per heavy atom. The summed E-state index contributed by atoms with van der Waals surface area (Å²) in [7, 11) is 0. The summed E-state index contributed by atoms with van der Waals surface area (Å²) in [6.07, 6.45) is 1.57. The molecule has 0 spiro atoms. The van der Waals surface area contributed by atoms with Gasteiger partial charge in [-0.1, -0.05) is 23.7 Å². The van der Waals surface area contributed by atoms with Gasteiger partial charge in [-0.25, -0.2) is 0 Å². The maximum atomic E-state index is 6.14. The number of halogens is 1. The Kier molecular flexibility index (Phi) is 4.45. The molecule has 7 nitrogen and oxygen atoms in total. The monoisotopic (exact) mass is 369 g/mol. The minimum Gasteiger partial charge on any atom is -0.454 e. The Bertz CT molecular complexity index is 951. The first kappa shape index (κ1) is 16.4. The lowest BCUT2D eigenvalue weighted by molar-refractivity contribution is 0.174. The second kappa shape index (κ2) is 7.05. The number of hydrogen-bond acceptors (Lipinski definition) is 7. The van der Waals surface area contributed by atoms with Crippen LogP contribution in [0.3, 0.4) is 0 Å². The normalized spacial score (nSPS) is 12.1. The summed E-state index contributed by atoms with van der Waals surface area (Å²) in [4.78, 5) is 4.43. The van der Waals surface area contributed by atoms with Gasteiger partial charge in [0.1, 0.15) is 0 Å². The van der Waals surface area contributed by atoms with Gasteiger partial charge in [0.25, 0.3) is 0 Å². The van der Waals surface area contributed by atoms with E-state index in [0.717, 1.165) is 28.3 Å². The largest absolute Gasteiger partial charge is 0.454 e. The van der Waals surface area contributed by atoms with Gasteiger partial charge < -0.3 is 20.1 Å². The van der Waals surface area contributed by atoms with Crippen molar-refractivity contribution in [3.63, 3.8) is 0 Å². The molecule has 0 unspecified atom stereocenters. The number of hydrogen-bond donors (Lipinski definition) is 2. The van der Waals surface area contributed by atoms with Crippen LogP contribution in [0.5, 0.6) is 11.5 Å². The predicted molar refractivity (Wildman–Crippen MR) is 99.2 cm³/mol. The van der Waals surface area contributed by atoms with E-state index in [9.17, 15) is 0 Å². The van der Waals surface area contributed by atoms with Crippen molar-refractivity contribution in [1.82, 2.24) is 15.2 Å². The lowest BCUT2D eigenvalue weighted by Crippen LogP contribution is -2.06. The van der Waals surface area contributed by atoms with E-state index >= 15 is 0 Å². The predicted octanol–water partition coefficient (Wildman–Crippen LogP) is 3.92. The topological polar surface area (TPSA) is 81.2 Å². The van der Waals surface area contributed by atoms with E-state index in [1.807, 2.05) is 43.3 Å². The third kappa shape index (κ3) is 3.48. The zero-order chi connectivity index (χ0) is 17.9. The van der Waals surface area contributed by atoms with Crippen molar-refractivity contribution in [2.45, 2.75) is 13.5 Å². The molecule has 1 aliphatic heterocycles. The first-order chi connectivity index (χ1) is 12.7. The smallest absolute Gasteiger partial charge is 0.249 e. The van der Waals surface area contributed by atoms with Crippen LogP contribution in [0, 0.1) is 6.92 Å². The van der Waals surface area contributed by atoms with Gasteiger partial charge in [0.05, 0.1) is 6.20 Å². The highest BCUT2D eigenvalue weighted by molar-refractivity contribution is 6.31. The highest BCUT2D eigenvalue weighted by atomic mass is 35.5. The molecule has 4 rings (SSSR count). The number of benzene rings is 2. The van der Waals surface area contributed by atoms with Gasteiger partial charge >= 0.3 is 0 Å². The average Bonchev–Trinajstić information content (AvgIpc) is 3.12. The van der Waals surface area contributed by atoms with Gasteiger partial charge in [-0.3, -0.25) is 0 Å². The second-order valence-electron chi connectivity index (χ2n) is 5.74. The first-order valence-electron chi connectivity index (χ1n) is 8.03. The highest BCUT2D eigenvalue weighted by Crippen LogP contribution is 2.32. The van der Waals surface area contributed by atoms with Crippen LogP contribution in [0.1, 0.15) is 11.1 Å². The molecule has 26 heavy (non-hydrogen) atoms. The molecule has 2 N–H and O–H groups in total. The van der Waals surface area contributed by atoms with E-state index in [1.165, 1.54) is 0 Å². The van der Waals surface area contributed by atoms with Crippen molar-refractivity contribution in [2.24, 2.45) is 0 Å². The Morgan fingerprint density at radius 1 is 1.15 bits per heavy atom. The minimum atomic E-state index is 0.264. The molecule has 132 valence electrons. The maximum Gasteiger partial charge on any atom is 0.249 e. The molecule has 0 atom stereocenters. The molecule has 0 saturated heterocycles. The van der Waals surface area contributed by atoms with E-state index in [0.29, 0.717) is 23.3 Å². The molecule has 0 amide bonds. The molecule has 8 heteroatoms. The van der Waals surface area contributed by atoms with Crippen LogP contribution in [0.4, 0.5) is 17.5 Å². The zero-order valence-corrected chi connectivity index (χ0v) is 14.7. The summed E-state index contributed by atoms with van der Waals surface area (Å²) in [5.74, 6) is 2.52. The van der Waals surface area contributed by atoms with Crippen molar-refractivity contribution in [2.75, 3.05) is 17.4 Å². The second-order valence-corrected chi connectivity index (χ2v) is 6.15. The molecule has 1 aliphatic rings. The van der Waals surface area contributed by atoms with Crippen molar-refractivity contribution in [3.05, 3.63) is 58.7 Å². The summed E-state index contributed by atoms with van der Waals surface area (Å²) in [6, 6.07) is 11.4. The molecule has 2 heterocycles. The Balaban J connectivity index is 1.45. The number of rotatable bonds is 5. The quantitative estimate of drug-likeness (QED) is 0.705. The average molecular weight is 370 g/mol. The van der Waals surface area contributed by atoms with Gasteiger partial charge in [-0.15, -0.1) is 5.10 Å². The molecule has 0 fully saturated rings. The van der Waals surface area contributed by atoms with Gasteiger partial charge in [0.15, 0.2) is 17.3 Å². The molecule has 3 aromatic rings. The number of fused-ring (bicyclic) bond motifs is 1. The van der Waals surface area contributed by atoms with Crippen molar-refractivity contribution < 1.29 is 9.47 Å². The fourth-order valence-electron chi connectivity index (χ4n) is 2.55. The van der Waals surface area contributed by atoms with E-state index < -0.39 is 0 Å². The maximum absolute atomic E-state index is 6.14. The molecular formula is C18H16ClN5O2. The van der Waals surface area contributed by atoms with E-state index in [4.69, 9.17) is 21.1 Å². The third-order valence-corrected chi connectivity index (χ3v) is 4.39. The van der Waals surface area contributed by atoms with Crippen molar-refractivity contribution >= 4 is 29.1 Å². The molecule has 2 aromatic carbocycles. The Labute approximate surface area is 155 Å². The van der Waals surface area contributed by atoms with Crippen molar-refractivity contribution in [3.8, 4) is 11.5 Å². The van der Waals surface area contributed by atoms with Crippen LogP contribution in [0.15, 0.2) is 42.6 Å². The number of ether oxygens (including phenoxy) is 2. The van der Waals surface area contributed by atoms with Gasteiger partial charge in [0, 0.05) is 17.3 Å². The molecule has 1 aromatic heterocycles. The SMILES string of the molecule is Cc1c(Cl)cccc1Nc1nncc(NCc2ccc3c(c2)OCO3)n1. The van der Waals surface area contributed by atoms with Crippen LogP contribution in [-0.2, 0) is 6.54 Å². The first-order valence-corrected chi connectivity index (χ1v) is 8.41. The number of nitrogens with zero attached hydrogens (tertiary/aromatic N) is 3. The number of aromatic nitrogens is 3. The van der Waals surface area contributed by atoms with Crippen LogP contribution in [-0.4, -0.2) is 22.0 Å². The Morgan fingerprint density at radius 3 is 2.96 bits per heavy atom. The van der Waals surface area contributed by atoms with Crippen molar-refractivity contribution in [1.29, 1.82) is 0 Å². The summed E-state index contributed by atoms with van der Waals surface area (Å²) in [5.41, 5.74) is 2.82. The van der Waals surface area contributed by atoms with Crippen LogP contribution in [0.2, 0.25) is 5.02 Å².